The highest BCUT2D eigenvalue weighted by Crippen LogP contribution is 2.64. The van der Waals surface area contributed by atoms with E-state index in [4.69, 9.17) is 0 Å². The number of nitrogens with zero attached hydrogens (tertiary/aromatic N) is 1. The zero-order valence-electron chi connectivity index (χ0n) is 38.6. The van der Waals surface area contributed by atoms with Crippen molar-refractivity contribution in [1.82, 2.24) is 0 Å². The van der Waals surface area contributed by atoms with Crippen molar-refractivity contribution in [2.45, 2.75) is 24.7 Å². The molecule has 1 spiro atoms. The minimum atomic E-state index is -0.487. The molecular formula is C68H47N. The van der Waals surface area contributed by atoms with E-state index in [0.29, 0.717) is 0 Å². The van der Waals surface area contributed by atoms with E-state index in [0.717, 1.165) is 17.1 Å². The fraction of sp³-hybridized carbons (Fsp3) is 0.0588. The summed E-state index contributed by atoms with van der Waals surface area (Å²) in [6.07, 6.45) is 0. The second-order valence-electron chi connectivity index (χ2n) is 19.5. The fourth-order valence-electron chi connectivity index (χ4n) is 12.8. The predicted molar refractivity (Wildman–Crippen MR) is 289 cm³/mol. The van der Waals surface area contributed by atoms with Crippen LogP contribution in [0.2, 0.25) is 0 Å². The monoisotopic (exact) mass is 877 g/mol. The van der Waals surface area contributed by atoms with Crippen LogP contribution < -0.4 is 4.90 Å². The quantitative estimate of drug-likeness (QED) is 0.161. The van der Waals surface area contributed by atoms with E-state index in [-0.39, 0.29) is 5.41 Å². The summed E-state index contributed by atoms with van der Waals surface area (Å²) in [6, 6.07) is 93.1. The minimum Gasteiger partial charge on any atom is -0.309 e. The van der Waals surface area contributed by atoms with Crippen LogP contribution in [-0.4, -0.2) is 0 Å². The van der Waals surface area contributed by atoms with Crippen molar-refractivity contribution < 1.29 is 0 Å². The van der Waals surface area contributed by atoms with Crippen LogP contribution in [0.3, 0.4) is 0 Å². The molecule has 0 bridgehead atoms. The summed E-state index contributed by atoms with van der Waals surface area (Å²) in [4.78, 5) is 2.57. The van der Waals surface area contributed by atoms with Crippen molar-refractivity contribution in [2.75, 3.05) is 4.90 Å². The molecule has 0 N–H and O–H groups in total. The molecule has 0 radical (unpaired) electrons. The number of fused-ring (bicyclic) bond motifs is 14. The topological polar surface area (TPSA) is 3.24 Å². The molecule has 0 aliphatic heterocycles. The number of rotatable bonds is 6. The Kier molecular flexibility index (Phi) is 8.61. The van der Waals surface area contributed by atoms with Crippen molar-refractivity contribution in [2.24, 2.45) is 0 Å². The molecule has 3 aliphatic rings. The van der Waals surface area contributed by atoms with Crippen LogP contribution in [0.25, 0.3) is 77.5 Å². The lowest BCUT2D eigenvalue weighted by Gasteiger charge is -2.33. The number of hydrogen-bond acceptors (Lipinski definition) is 1. The Hall–Kier alpha value is -8.52. The van der Waals surface area contributed by atoms with Gasteiger partial charge in [-0.3, -0.25) is 0 Å². The highest BCUT2D eigenvalue weighted by atomic mass is 15.1. The summed E-state index contributed by atoms with van der Waals surface area (Å²) in [5.41, 5.74) is 26.0. The Morgan fingerprint density at radius 2 is 0.754 bits per heavy atom. The molecule has 69 heavy (non-hydrogen) atoms. The van der Waals surface area contributed by atoms with Crippen molar-refractivity contribution in [1.29, 1.82) is 0 Å². The molecule has 0 atom stereocenters. The first-order valence-corrected chi connectivity index (χ1v) is 24.3. The predicted octanol–water partition coefficient (Wildman–Crippen LogP) is 18.0. The van der Waals surface area contributed by atoms with Crippen LogP contribution in [0.4, 0.5) is 17.1 Å². The van der Waals surface area contributed by atoms with Crippen molar-refractivity contribution in [3.63, 3.8) is 0 Å². The summed E-state index contributed by atoms with van der Waals surface area (Å²) < 4.78 is 0. The molecule has 0 amide bonds. The maximum atomic E-state index is 2.57. The summed E-state index contributed by atoms with van der Waals surface area (Å²) in [5.74, 6) is 0. The molecule has 1 heteroatoms. The molecular weight excluding hydrogens is 831 g/mol. The SMILES string of the molecule is CC1(C)c2ccccc2-c2c(-c3ccc(N(c4ccc5c(c4)C4(c6ccccc6-c6ccccc64)c4ccccc4-5)c4cccc(-c5ccccc5)c4-c4ccccc4)c4ccccc34)cccc21. The van der Waals surface area contributed by atoms with Gasteiger partial charge < -0.3 is 4.90 Å². The second-order valence-corrected chi connectivity index (χ2v) is 19.5. The van der Waals surface area contributed by atoms with Crippen molar-refractivity contribution >= 4 is 27.8 Å². The Balaban J connectivity index is 1.07. The maximum Gasteiger partial charge on any atom is 0.0726 e. The third-order valence-corrected chi connectivity index (χ3v) is 15.7. The molecule has 0 aromatic heterocycles. The lowest BCUT2D eigenvalue weighted by molar-refractivity contribution is 0.660. The van der Waals surface area contributed by atoms with E-state index in [9.17, 15) is 0 Å². The van der Waals surface area contributed by atoms with Crippen molar-refractivity contribution in [3.05, 3.63) is 282 Å². The van der Waals surface area contributed by atoms with E-state index < -0.39 is 5.41 Å². The number of hydrogen-bond donors (Lipinski definition) is 0. The maximum absolute atomic E-state index is 2.57. The van der Waals surface area contributed by atoms with Gasteiger partial charge in [-0.2, -0.15) is 0 Å². The van der Waals surface area contributed by atoms with Gasteiger partial charge in [0, 0.05) is 22.1 Å². The fourth-order valence-corrected chi connectivity index (χ4v) is 12.8. The van der Waals surface area contributed by atoms with E-state index in [1.165, 1.54) is 111 Å². The molecule has 0 fully saturated rings. The molecule has 0 saturated heterocycles. The summed E-state index contributed by atoms with van der Waals surface area (Å²) in [7, 11) is 0. The van der Waals surface area contributed by atoms with Crippen LogP contribution in [-0.2, 0) is 10.8 Å². The largest absolute Gasteiger partial charge is 0.309 e. The Morgan fingerprint density at radius 1 is 0.275 bits per heavy atom. The first kappa shape index (κ1) is 39.6. The molecule has 3 aliphatic carbocycles. The van der Waals surface area contributed by atoms with Gasteiger partial charge in [0.05, 0.1) is 16.8 Å². The van der Waals surface area contributed by atoms with Gasteiger partial charge in [-0.1, -0.05) is 238 Å². The van der Waals surface area contributed by atoms with Gasteiger partial charge in [0.2, 0.25) is 0 Å². The van der Waals surface area contributed by atoms with Crippen LogP contribution >= 0.6 is 0 Å². The van der Waals surface area contributed by atoms with Gasteiger partial charge >= 0.3 is 0 Å². The van der Waals surface area contributed by atoms with Gasteiger partial charge in [-0.25, -0.2) is 0 Å². The van der Waals surface area contributed by atoms with Gasteiger partial charge in [-0.15, -0.1) is 0 Å². The molecule has 11 aromatic rings. The van der Waals surface area contributed by atoms with E-state index in [1.54, 1.807) is 0 Å². The van der Waals surface area contributed by atoms with Gasteiger partial charge in [-0.05, 0) is 124 Å². The summed E-state index contributed by atoms with van der Waals surface area (Å²) in [6.45, 7) is 4.74. The van der Waals surface area contributed by atoms with Crippen molar-refractivity contribution in [3.8, 4) is 66.8 Å². The highest BCUT2D eigenvalue weighted by molar-refractivity contribution is 6.11. The lowest BCUT2D eigenvalue weighted by atomic mass is 9.70. The zero-order valence-corrected chi connectivity index (χ0v) is 38.6. The zero-order chi connectivity index (χ0) is 45.8. The third kappa shape index (κ3) is 5.53. The first-order valence-electron chi connectivity index (χ1n) is 24.3. The van der Waals surface area contributed by atoms with Crippen LogP contribution in [0.5, 0.6) is 0 Å². The second kappa shape index (κ2) is 15.0. The van der Waals surface area contributed by atoms with Gasteiger partial charge in [0.15, 0.2) is 0 Å². The van der Waals surface area contributed by atoms with Crippen LogP contribution in [0.1, 0.15) is 47.2 Å². The number of benzene rings is 11. The Morgan fingerprint density at radius 3 is 1.42 bits per heavy atom. The Labute approximate surface area is 404 Å². The average Bonchev–Trinajstić information content (AvgIpc) is 3.97. The minimum absolute atomic E-state index is 0.100. The van der Waals surface area contributed by atoms with E-state index in [2.05, 4.69) is 267 Å². The van der Waals surface area contributed by atoms with Gasteiger partial charge in [0.1, 0.15) is 0 Å². The molecule has 1 nitrogen and oxygen atoms in total. The van der Waals surface area contributed by atoms with Crippen LogP contribution in [0, 0.1) is 0 Å². The van der Waals surface area contributed by atoms with Gasteiger partial charge in [0.25, 0.3) is 0 Å². The van der Waals surface area contributed by atoms with Crippen LogP contribution in [0.15, 0.2) is 249 Å². The molecule has 0 saturated carbocycles. The lowest BCUT2D eigenvalue weighted by Crippen LogP contribution is -2.26. The standard InChI is InChI=1S/C68H47N/c1-67(2)57-33-15-14-30-56(57)66-55(32-19-37-61(66)67)49-41-42-63(54-29-10-9-25-48(49)54)69(64-38-20-31-47(44-21-5-3-6-22-44)65(64)45-23-7-4-8-24-45)46-39-40-53-52-28-13-18-36-60(52)68(62(53)43-46)58-34-16-11-26-50(58)51-27-12-17-35-59(51)68/h3-43H,1-2H3. The molecule has 14 rings (SSSR count). The Bertz CT molecular complexity index is 3810. The molecule has 0 unspecified atom stereocenters. The molecule has 324 valence electrons. The smallest absolute Gasteiger partial charge is 0.0726 e. The summed E-state index contributed by atoms with van der Waals surface area (Å²) in [5, 5.41) is 2.41. The first-order chi connectivity index (χ1) is 34.0. The highest BCUT2D eigenvalue weighted by Gasteiger charge is 2.51. The average molecular weight is 878 g/mol. The third-order valence-electron chi connectivity index (χ3n) is 15.7. The molecule has 0 heterocycles. The summed E-state index contributed by atoms with van der Waals surface area (Å²) >= 11 is 0. The molecule has 11 aromatic carbocycles. The normalized spacial score (nSPS) is 13.9. The van der Waals surface area contributed by atoms with E-state index in [1.807, 2.05) is 0 Å². The van der Waals surface area contributed by atoms with E-state index >= 15 is 0 Å². The number of anilines is 3.